The molecule has 3 rings (SSSR count). The van der Waals surface area contributed by atoms with E-state index in [0.717, 1.165) is 0 Å². The average molecular weight is 817 g/mol. The summed E-state index contributed by atoms with van der Waals surface area (Å²) in [6.07, 6.45) is -35.3. The number of aliphatic hydroxyl groups excluding tert-OH is 16. The Bertz CT molecular complexity index is 1270. The van der Waals surface area contributed by atoms with Crippen LogP contribution in [0, 0.1) is 0 Å². The SMILES string of the molecule is O=C(NCc1cccc(CNC(=O)[C@H](O)[C@@H](O)[C@H](O[C@@H]2O[C@H](CO)[C@H](O)[C@H](O)[C@H]2O)[C@H](O)CO)c1)[C@H](O)[C@@H](O)[C@H](O[C@@H]1O[C@H](CO)[C@H](O)[C@H](O)[C@H]1O)[C@H](O)CO. The largest absolute Gasteiger partial charge is 0.394 e. The van der Waals surface area contributed by atoms with Crippen LogP contribution in [0.5, 0.6) is 0 Å². The molecule has 0 aromatic heterocycles. The average Bonchev–Trinajstić information content (AvgIpc) is 3.20. The second-order valence-electron chi connectivity index (χ2n) is 13.2. The van der Waals surface area contributed by atoms with Crippen molar-refractivity contribution in [3.63, 3.8) is 0 Å². The van der Waals surface area contributed by atoms with Gasteiger partial charge in [-0.05, 0) is 11.1 Å². The van der Waals surface area contributed by atoms with E-state index in [2.05, 4.69) is 10.6 Å². The van der Waals surface area contributed by atoms with E-state index in [1.54, 1.807) is 0 Å². The van der Waals surface area contributed by atoms with Gasteiger partial charge in [0.25, 0.3) is 11.8 Å². The zero-order chi connectivity index (χ0) is 42.0. The number of carbonyl (C=O) groups excluding carboxylic acids is 2. The molecule has 0 spiro atoms. The highest BCUT2D eigenvalue weighted by molar-refractivity contribution is 5.81. The summed E-state index contributed by atoms with van der Waals surface area (Å²) in [6.45, 7) is -4.44. The van der Waals surface area contributed by atoms with Gasteiger partial charge < -0.3 is 111 Å². The third-order valence-electron chi connectivity index (χ3n) is 9.19. The monoisotopic (exact) mass is 816 g/mol. The highest BCUT2D eigenvalue weighted by atomic mass is 16.7. The van der Waals surface area contributed by atoms with Crippen molar-refractivity contribution in [1.82, 2.24) is 10.6 Å². The number of hydrogen-bond acceptors (Lipinski definition) is 22. The van der Waals surface area contributed by atoms with Crippen molar-refractivity contribution < 1.29 is 110 Å². The van der Waals surface area contributed by atoms with Gasteiger partial charge in [-0.25, -0.2) is 0 Å². The molecule has 24 nitrogen and oxygen atoms in total. The van der Waals surface area contributed by atoms with Crippen LogP contribution >= 0.6 is 0 Å². The summed E-state index contributed by atoms with van der Waals surface area (Å²) in [4.78, 5) is 25.6. The molecule has 2 aliphatic heterocycles. The lowest BCUT2D eigenvalue weighted by Crippen LogP contribution is -2.62. The third kappa shape index (κ3) is 11.7. The fourth-order valence-corrected chi connectivity index (χ4v) is 5.78. The number of carbonyl (C=O) groups is 2. The molecule has 2 heterocycles. The molecule has 0 aliphatic carbocycles. The highest BCUT2D eigenvalue weighted by Crippen LogP contribution is 2.27. The molecular weight excluding hydrogens is 764 g/mol. The van der Waals surface area contributed by atoms with Crippen LogP contribution in [0.4, 0.5) is 0 Å². The Morgan fingerprint density at radius 1 is 0.589 bits per heavy atom. The minimum Gasteiger partial charge on any atom is -0.394 e. The first-order chi connectivity index (χ1) is 26.4. The summed E-state index contributed by atoms with van der Waals surface area (Å²) in [5.74, 6) is -2.43. The fourth-order valence-electron chi connectivity index (χ4n) is 5.78. The summed E-state index contributed by atoms with van der Waals surface area (Å²) < 4.78 is 20.9. The molecule has 0 bridgehead atoms. The van der Waals surface area contributed by atoms with Crippen LogP contribution < -0.4 is 10.6 Å². The normalized spacial score (nSPS) is 32.6. The number of benzene rings is 1. The molecule has 2 saturated heterocycles. The second-order valence-corrected chi connectivity index (χ2v) is 13.2. The van der Waals surface area contributed by atoms with Gasteiger partial charge in [-0.1, -0.05) is 24.3 Å². The van der Waals surface area contributed by atoms with Crippen molar-refractivity contribution in [1.29, 1.82) is 0 Å². The van der Waals surface area contributed by atoms with Crippen molar-refractivity contribution in [2.45, 2.75) is 123 Å². The lowest BCUT2D eigenvalue weighted by molar-refractivity contribution is -0.326. The Morgan fingerprint density at radius 3 is 1.27 bits per heavy atom. The maximum Gasteiger partial charge on any atom is 0.251 e. The van der Waals surface area contributed by atoms with Crippen LogP contribution in [0.25, 0.3) is 0 Å². The van der Waals surface area contributed by atoms with Crippen LogP contribution in [0.15, 0.2) is 24.3 Å². The van der Waals surface area contributed by atoms with E-state index < -0.39 is 148 Å². The molecule has 2 aliphatic rings. The number of rotatable bonds is 20. The van der Waals surface area contributed by atoms with E-state index in [0.29, 0.717) is 11.1 Å². The zero-order valence-corrected chi connectivity index (χ0v) is 29.5. The molecule has 0 radical (unpaired) electrons. The fraction of sp³-hybridized carbons (Fsp3) is 0.750. The summed E-state index contributed by atoms with van der Waals surface area (Å²) in [6, 6.07) is 5.95. The number of amides is 2. The van der Waals surface area contributed by atoms with Gasteiger partial charge in [0.2, 0.25) is 0 Å². The van der Waals surface area contributed by atoms with Gasteiger partial charge in [-0.3, -0.25) is 9.59 Å². The minimum absolute atomic E-state index is 0.303. The number of hydrogen-bond donors (Lipinski definition) is 18. The van der Waals surface area contributed by atoms with E-state index in [4.69, 9.17) is 18.9 Å². The Morgan fingerprint density at radius 2 is 0.946 bits per heavy atom. The van der Waals surface area contributed by atoms with E-state index in [1.165, 1.54) is 24.3 Å². The van der Waals surface area contributed by atoms with Crippen molar-refractivity contribution >= 4 is 11.8 Å². The van der Waals surface area contributed by atoms with Gasteiger partial charge in [-0.15, -0.1) is 0 Å². The topological polar surface area (TPSA) is 419 Å². The first-order valence-corrected chi connectivity index (χ1v) is 17.3. The Kier molecular flexibility index (Phi) is 18.7. The summed E-state index contributed by atoms with van der Waals surface area (Å²) in [7, 11) is 0. The van der Waals surface area contributed by atoms with Gasteiger partial charge in [-0.2, -0.15) is 0 Å². The zero-order valence-electron chi connectivity index (χ0n) is 29.5. The van der Waals surface area contributed by atoms with Gasteiger partial charge in [0, 0.05) is 13.1 Å². The first kappa shape index (κ1) is 47.7. The first-order valence-electron chi connectivity index (χ1n) is 17.3. The predicted molar refractivity (Wildman–Crippen MR) is 178 cm³/mol. The predicted octanol–water partition coefficient (Wildman–Crippen LogP) is -10.6. The number of nitrogens with one attached hydrogen (secondary N) is 2. The van der Waals surface area contributed by atoms with Gasteiger partial charge in [0.1, 0.15) is 85.5 Å². The van der Waals surface area contributed by atoms with Gasteiger partial charge in [0.05, 0.1) is 26.4 Å². The standard InChI is InChI=1S/C32H52N2O22/c35-7-13(39)27(55-31-25(49)19(43)17(41)15(9-37)53-31)21(45)23(47)29(51)33-5-11-2-1-3-12(4-11)6-34-30(52)24(48)22(46)28(14(40)8-36)56-32-26(50)20(44)18(42)16(10-38)54-32/h1-4,13-28,31-32,35-50H,5-10H2,(H,33,51)(H,34,52)/t13-,14-,15-,16-,17+,18+,19+,20+,21-,22-,23-,24-,25-,26-,27-,28-,31+,32+/m1/s1. The summed E-state index contributed by atoms with van der Waals surface area (Å²) in [5, 5.41) is 166. The lowest BCUT2D eigenvalue weighted by Gasteiger charge is -2.42. The minimum atomic E-state index is -2.33. The third-order valence-corrected chi connectivity index (χ3v) is 9.19. The summed E-state index contributed by atoms with van der Waals surface area (Å²) >= 11 is 0. The Balaban J connectivity index is 1.59. The van der Waals surface area contributed by atoms with Gasteiger partial charge in [0.15, 0.2) is 24.8 Å². The molecule has 322 valence electrons. The molecule has 1 aromatic carbocycles. The van der Waals surface area contributed by atoms with Gasteiger partial charge >= 0.3 is 0 Å². The molecular formula is C32H52N2O22. The highest BCUT2D eigenvalue weighted by Gasteiger charge is 2.49. The maximum absolute atomic E-state index is 12.8. The Hall–Kier alpha value is -2.64. The quantitative estimate of drug-likeness (QED) is 0.0581. The molecule has 18 atom stereocenters. The smallest absolute Gasteiger partial charge is 0.251 e. The van der Waals surface area contributed by atoms with Crippen LogP contribution in [0.1, 0.15) is 11.1 Å². The van der Waals surface area contributed by atoms with E-state index in [1.807, 2.05) is 0 Å². The summed E-state index contributed by atoms with van der Waals surface area (Å²) in [5.41, 5.74) is 0.715. The van der Waals surface area contributed by atoms with E-state index in [9.17, 15) is 91.3 Å². The van der Waals surface area contributed by atoms with Crippen LogP contribution in [0.3, 0.4) is 0 Å². The van der Waals surface area contributed by atoms with Crippen molar-refractivity contribution in [2.24, 2.45) is 0 Å². The van der Waals surface area contributed by atoms with Crippen molar-refractivity contribution in [2.75, 3.05) is 26.4 Å². The molecule has 2 amide bonds. The van der Waals surface area contributed by atoms with Crippen LogP contribution in [-0.2, 0) is 41.6 Å². The number of aliphatic hydroxyl groups is 16. The lowest BCUT2D eigenvalue weighted by atomic mass is 9.98. The molecule has 2 fully saturated rings. The second kappa shape index (κ2) is 21.9. The van der Waals surface area contributed by atoms with Crippen LogP contribution in [0.2, 0.25) is 0 Å². The molecule has 0 saturated carbocycles. The molecule has 0 unspecified atom stereocenters. The molecule has 24 heteroatoms. The van der Waals surface area contributed by atoms with E-state index >= 15 is 0 Å². The van der Waals surface area contributed by atoms with Crippen molar-refractivity contribution in [3.05, 3.63) is 35.4 Å². The van der Waals surface area contributed by atoms with Crippen LogP contribution in [-0.4, -0.2) is 230 Å². The van der Waals surface area contributed by atoms with Crippen molar-refractivity contribution in [3.8, 4) is 0 Å². The maximum atomic E-state index is 12.8. The molecule has 18 N–H and O–H groups in total. The van der Waals surface area contributed by atoms with E-state index in [-0.39, 0.29) is 13.1 Å². The molecule has 1 aromatic rings. The Labute approximate surface area is 317 Å². The number of ether oxygens (including phenoxy) is 4. The molecule has 56 heavy (non-hydrogen) atoms.